The molecular weight excluding hydrogens is 504 g/mol. The number of carbonyl (C=O) groups excluding carboxylic acids is 1. The van der Waals surface area contributed by atoms with Crippen LogP contribution in [-0.2, 0) is 10.2 Å². The molecule has 0 radical (unpaired) electrons. The molecule has 194 valence electrons. The number of halogens is 1. The third kappa shape index (κ3) is 5.17. The number of aromatic nitrogens is 2. The van der Waals surface area contributed by atoms with Crippen LogP contribution < -0.4 is 5.32 Å². The Morgan fingerprint density at radius 2 is 1.95 bits per heavy atom. The average Bonchev–Trinajstić information content (AvgIpc) is 3.28. The van der Waals surface area contributed by atoms with Gasteiger partial charge in [0.25, 0.3) is 5.91 Å². The molecule has 37 heavy (non-hydrogen) atoms. The number of amides is 1. The van der Waals surface area contributed by atoms with Crippen molar-refractivity contribution in [1.82, 2.24) is 20.2 Å². The number of methoxy groups -OCH3 is 1. The van der Waals surface area contributed by atoms with Crippen LogP contribution in [0.4, 0.5) is 0 Å². The number of hydrogen-bond donors (Lipinski definition) is 1. The van der Waals surface area contributed by atoms with Crippen LogP contribution in [0.2, 0.25) is 5.02 Å². The summed E-state index contributed by atoms with van der Waals surface area (Å²) in [5.74, 6) is 0.809. The molecule has 3 aromatic rings. The Kier molecular flexibility index (Phi) is 7.65. The summed E-state index contributed by atoms with van der Waals surface area (Å²) in [5.41, 5.74) is 1.76. The minimum atomic E-state index is -0.285. The summed E-state index contributed by atoms with van der Waals surface area (Å²) >= 11 is 8.27. The molecule has 2 aliphatic rings. The first-order chi connectivity index (χ1) is 17.9. The zero-order chi connectivity index (χ0) is 26.0. The van der Waals surface area contributed by atoms with Crippen molar-refractivity contribution < 1.29 is 9.53 Å². The molecule has 1 aromatic carbocycles. The Bertz CT molecular complexity index is 1330. The van der Waals surface area contributed by atoms with Gasteiger partial charge in [-0.05, 0) is 56.9 Å². The van der Waals surface area contributed by atoms with E-state index in [1.54, 1.807) is 13.4 Å². The smallest absolute Gasteiger partial charge is 0.266 e. The first-order valence-electron chi connectivity index (χ1n) is 12.8. The van der Waals surface area contributed by atoms with Gasteiger partial charge in [0.2, 0.25) is 0 Å². The second-order valence-electron chi connectivity index (χ2n) is 10.2. The van der Waals surface area contributed by atoms with Crippen LogP contribution in [0.25, 0.3) is 10.1 Å². The molecule has 1 amide bonds. The van der Waals surface area contributed by atoms with Crippen molar-refractivity contribution in [3.63, 3.8) is 0 Å². The molecular formula is C29H33ClN4O2S. The van der Waals surface area contributed by atoms with Crippen LogP contribution in [0.1, 0.15) is 54.3 Å². The lowest BCUT2D eigenvalue weighted by Gasteiger charge is -2.39. The van der Waals surface area contributed by atoms with Crippen molar-refractivity contribution >= 4 is 38.9 Å². The number of nitrogens with zero attached hydrogens (tertiary/aromatic N) is 3. The minimum Gasteiger partial charge on any atom is -0.497 e. The third-order valence-corrected chi connectivity index (χ3v) is 9.50. The zero-order valence-corrected chi connectivity index (χ0v) is 23.1. The van der Waals surface area contributed by atoms with Crippen LogP contribution in [0.5, 0.6) is 0 Å². The maximum Gasteiger partial charge on any atom is 0.266 e. The van der Waals surface area contributed by atoms with Gasteiger partial charge in [0.1, 0.15) is 17.0 Å². The van der Waals surface area contributed by atoms with E-state index in [-0.39, 0.29) is 17.4 Å². The van der Waals surface area contributed by atoms with Gasteiger partial charge in [-0.3, -0.25) is 4.79 Å². The van der Waals surface area contributed by atoms with E-state index in [2.05, 4.69) is 34.4 Å². The van der Waals surface area contributed by atoms with Gasteiger partial charge in [-0.1, -0.05) is 42.8 Å². The SMILES string of the molecule is CN[C@H]1CC[C@H](N(CC2=CC(C)(c3cncnc3)CC=C2OC)C(=O)c2sc3ccccc3c2Cl)CC1. The van der Waals surface area contributed by atoms with Gasteiger partial charge in [-0.2, -0.15) is 0 Å². The number of nitrogens with one attached hydrogen (secondary N) is 1. The molecule has 0 bridgehead atoms. The predicted molar refractivity (Wildman–Crippen MR) is 150 cm³/mol. The Balaban J connectivity index is 1.52. The molecule has 0 aliphatic heterocycles. The normalized spacial score (nSPS) is 23.9. The number of fused-ring (bicyclic) bond motifs is 1. The van der Waals surface area contributed by atoms with Crippen LogP contribution in [0.3, 0.4) is 0 Å². The van der Waals surface area contributed by atoms with Crippen molar-refractivity contribution in [2.75, 3.05) is 20.7 Å². The van der Waals surface area contributed by atoms with Crippen molar-refractivity contribution in [1.29, 1.82) is 0 Å². The lowest BCUT2D eigenvalue weighted by atomic mass is 9.76. The summed E-state index contributed by atoms with van der Waals surface area (Å²) < 4.78 is 6.83. The molecule has 2 aromatic heterocycles. The first-order valence-corrected chi connectivity index (χ1v) is 14.0. The molecule has 1 atom stereocenters. The lowest BCUT2D eigenvalue weighted by molar-refractivity contribution is 0.0646. The number of allylic oxidation sites excluding steroid dienone is 2. The van der Waals surface area contributed by atoms with Crippen molar-refractivity contribution in [2.45, 2.75) is 56.5 Å². The quantitative estimate of drug-likeness (QED) is 0.393. The summed E-state index contributed by atoms with van der Waals surface area (Å²) in [6.07, 6.45) is 14.4. The van der Waals surface area contributed by atoms with Gasteiger partial charge in [0, 0.05) is 52.1 Å². The van der Waals surface area contributed by atoms with Crippen LogP contribution >= 0.6 is 22.9 Å². The second-order valence-corrected chi connectivity index (χ2v) is 11.6. The molecule has 2 heterocycles. The van der Waals surface area contributed by atoms with E-state index >= 15 is 0 Å². The zero-order valence-electron chi connectivity index (χ0n) is 21.5. The van der Waals surface area contributed by atoms with Crippen LogP contribution in [0, 0.1) is 0 Å². The Morgan fingerprint density at radius 1 is 1.22 bits per heavy atom. The molecule has 0 spiro atoms. The Labute approximate surface area is 227 Å². The second kappa shape index (κ2) is 10.9. The topological polar surface area (TPSA) is 67.3 Å². The van der Waals surface area contributed by atoms with E-state index in [0.29, 0.717) is 22.5 Å². The first kappa shape index (κ1) is 25.9. The summed E-state index contributed by atoms with van der Waals surface area (Å²) in [6.45, 7) is 2.64. The molecule has 2 aliphatic carbocycles. The average molecular weight is 537 g/mol. The van der Waals surface area contributed by atoms with Gasteiger partial charge in [-0.15, -0.1) is 11.3 Å². The summed E-state index contributed by atoms with van der Waals surface area (Å²) in [5, 5.41) is 4.88. The highest BCUT2D eigenvalue weighted by atomic mass is 35.5. The molecule has 5 rings (SSSR count). The maximum atomic E-state index is 14.2. The number of rotatable bonds is 7. The number of hydrogen-bond acceptors (Lipinski definition) is 6. The van der Waals surface area contributed by atoms with Crippen LogP contribution in [0.15, 0.2) is 66.5 Å². The number of ether oxygens (including phenoxy) is 1. The molecule has 0 saturated heterocycles. The van der Waals surface area contributed by atoms with Gasteiger partial charge >= 0.3 is 0 Å². The monoisotopic (exact) mass is 536 g/mol. The summed E-state index contributed by atoms with van der Waals surface area (Å²) in [6, 6.07) is 8.57. The van der Waals surface area contributed by atoms with Crippen LogP contribution in [-0.4, -0.2) is 53.6 Å². The fraction of sp³-hybridized carbons (Fsp3) is 0.414. The standard InChI is InChI=1S/C29H33ClN4O2S/c1-29(20-15-32-18-33-16-20)13-12-24(36-3)19(14-29)17-34(22-10-8-21(31-2)9-11-22)28(35)27-26(30)23-6-4-5-7-25(23)37-27/h4-7,12,14-16,18,21-22,31H,8-11,13,17H2,1-3H3/t21-,22-,29?. The Morgan fingerprint density at radius 3 is 2.62 bits per heavy atom. The predicted octanol–water partition coefficient (Wildman–Crippen LogP) is 6.14. The van der Waals surface area contributed by atoms with Gasteiger partial charge in [0.05, 0.1) is 12.1 Å². The highest BCUT2D eigenvalue weighted by Gasteiger charge is 2.35. The lowest BCUT2D eigenvalue weighted by Crippen LogP contribution is -2.46. The fourth-order valence-electron chi connectivity index (χ4n) is 5.59. The van der Waals surface area contributed by atoms with E-state index in [1.165, 1.54) is 11.3 Å². The largest absolute Gasteiger partial charge is 0.497 e. The van der Waals surface area contributed by atoms with Gasteiger partial charge in [-0.25, -0.2) is 9.97 Å². The molecule has 1 unspecified atom stereocenters. The molecule has 6 nitrogen and oxygen atoms in total. The van der Waals surface area contributed by atoms with Crippen molar-refractivity contribution in [3.8, 4) is 0 Å². The number of benzene rings is 1. The van der Waals surface area contributed by atoms with Crippen molar-refractivity contribution in [3.05, 3.63) is 81.9 Å². The molecule has 1 saturated carbocycles. The third-order valence-electron chi connectivity index (χ3n) is 7.84. The van der Waals surface area contributed by atoms with Crippen molar-refractivity contribution in [2.24, 2.45) is 0 Å². The van der Waals surface area contributed by atoms with E-state index in [9.17, 15) is 4.79 Å². The number of thiophene rings is 1. The maximum absolute atomic E-state index is 14.2. The van der Waals surface area contributed by atoms with E-state index in [1.807, 2.05) is 48.6 Å². The molecule has 1 N–H and O–H groups in total. The molecule has 1 fully saturated rings. The fourth-order valence-corrected chi connectivity index (χ4v) is 7.06. The Hall–Kier alpha value is -2.74. The molecule has 8 heteroatoms. The minimum absolute atomic E-state index is 0.00854. The van der Waals surface area contributed by atoms with E-state index in [0.717, 1.165) is 59.1 Å². The highest BCUT2D eigenvalue weighted by Crippen LogP contribution is 2.40. The van der Waals surface area contributed by atoms with Gasteiger partial charge < -0.3 is 15.0 Å². The number of carbonyl (C=O) groups is 1. The summed E-state index contributed by atoms with van der Waals surface area (Å²) in [4.78, 5) is 25.3. The van der Waals surface area contributed by atoms with Gasteiger partial charge in [0.15, 0.2) is 0 Å². The summed E-state index contributed by atoms with van der Waals surface area (Å²) in [7, 11) is 3.71. The van der Waals surface area contributed by atoms with E-state index in [4.69, 9.17) is 16.3 Å². The van der Waals surface area contributed by atoms with E-state index < -0.39 is 0 Å². The highest BCUT2D eigenvalue weighted by molar-refractivity contribution is 7.21.